The van der Waals surface area contributed by atoms with Crippen LogP contribution < -0.4 is 5.32 Å². The Morgan fingerprint density at radius 1 is 0.935 bits per heavy atom. The summed E-state index contributed by atoms with van der Waals surface area (Å²) in [7, 11) is -4.54. The second-order valence-corrected chi connectivity index (χ2v) is 8.97. The second kappa shape index (κ2) is 8.91. The van der Waals surface area contributed by atoms with Gasteiger partial charge in [0.25, 0.3) is 5.91 Å². The predicted molar refractivity (Wildman–Crippen MR) is 101 cm³/mol. The standard InChI is InChI=1S/C19H18F4N2O5S/c20-14-4-1-10(19(28)24-11-6-15(21)18(23)16(22)7-11)5-17(14)31(29,30)25-8-12(26)2-3-13(27)9-25/h1,4-7,12-13,26-27H,2-3,8-9H2,(H,24,28)/t12-,13?/m0/s1. The van der Waals surface area contributed by atoms with Crippen LogP contribution in [0, 0.1) is 23.3 Å². The van der Waals surface area contributed by atoms with Gasteiger partial charge in [-0.2, -0.15) is 4.31 Å². The number of carbonyl (C=O) groups is 1. The molecule has 1 amide bonds. The molecule has 168 valence electrons. The second-order valence-electron chi connectivity index (χ2n) is 7.06. The van der Waals surface area contributed by atoms with Gasteiger partial charge in [-0.1, -0.05) is 0 Å². The van der Waals surface area contributed by atoms with Crippen LogP contribution in [0.4, 0.5) is 23.2 Å². The molecule has 2 atom stereocenters. The van der Waals surface area contributed by atoms with Crippen LogP contribution in [0.25, 0.3) is 0 Å². The first-order chi connectivity index (χ1) is 14.5. The summed E-state index contributed by atoms with van der Waals surface area (Å²) in [5, 5.41) is 21.8. The van der Waals surface area contributed by atoms with E-state index < -0.39 is 62.0 Å². The van der Waals surface area contributed by atoms with E-state index in [0.29, 0.717) is 12.1 Å². The van der Waals surface area contributed by atoms with Gasteiger partial charge in [-0.25, -0.2) is 26.0 Å². The van der Waals surface area contributed by atoms with E-state index in [1.165, 1.54) is 0 Å². The Morgan fingerprint density at radius 3 is 2.03 bits per heavy atom. The van der Waals surface area contributed by atoms with Gasteiger partial charge < -0.3 is 15.5 Å². The van der Waals surface area contributed by atoms with Crippen molar-refractivity contribution >= 4 is 21.6 Å². The highest BCUT2D eigenvalue weighted by atomic mass is 32.2. The van der Waals surface area contributed by atoms with E-state index in [2.05, 4.69) is 5.32 Å². The fourth-order valence-electron chi connectivity index (χ4n) is 3.12. The van der Waals surface area contributed by atoms with Gasteiger partial charge in [-0.05, 0) is 31.0 Å². The van der Waals surface area contributed by atoms with Gasteiger partial charge in [-0.3, -0.25) is 4.79 Å². The zero-order valence-electron chi connectivity index (χ0n) is 15.9. The topological polar surface area (TPSA) is 107 Å². The minimum Gasteiger partial charge on any atom is -0.392 e. The minimum atomic E-state index is -4.54. The first-order valence-corrected chi connectivity index (χ1v) is 10.5. The SMILES string of the molecule is O=C(Nc1cc(F)c(F)c(F)c1)c1ccc(F)c(S(=O)(=O)N2CC(O)CC[C@H](O)C2)c1. The summed E-state index contributed by atoms with van der Waals surface area (Å²) in [5.74, 6) is -7.02. The molecule has 1 aliphatic rings. The molecule has 1 fully saturated rings. The lowest BCUT2D eigenvalue weighted by molar-refractivity contribution is 0.102. The zero-order valence-corrected chi connectivity index (χ0v) is 16.7. The molecule has 0 radical (unpaired) electrons. The van der Waals surface area contributed by atoms with Crippen molar-refractivity contribution in [3.8, 4) is 0 Å². The molecule has 1 saturated heterocycles. The molecule has 0 bridgehead atoms. The first-order valence-electron chi connectivity index (χ1n) is 9.10. The Kier molecular flexibility index (Phi) is 6.65. The van der Waals surface area contributed by atoms with Crippen LogP contribution in [0.1, 0.15) is 23.2 Å². The monoisotopic (exact) mass is 462 g/mol. The number of hydrogen-bond donors (Lipinski definition) is 3. The third-order valence-electron chi connectivity index (χ3n) is 4.71. The third kappa shape index (κ3) is 5.03. The Balaban J connectivity index is 1.91. The number of sulfonamides is 1. The summed E-state index contributed by atoms with van der Waals surface area (Å²) in [5.41, 5.74) is -0.796. The maximum absolute atomic E-state index is 14.4. The van der Waals surface area contributed by atoms with Gasteiger partial charge in [0.15, 0.2) is 17.5 Å². The van der Waals surface area contributed by atoms with E-state index >= 15 is 0 Å². The predicted octanol–water partition coefficient (Wildman–Crippen LogP) is 2.00. The molecule has 3 N–H and O–H groups in total. The van der Waals surface area contributed by atoms with Gasteiger partial charge >= 0.3 is 0 Å². The van der Waals surface area contributed by atoms with Gasteiger partial charge in [0.05, 0.1) is 12.2 Å². The van der Waals surface area contributed by atoms with Gasteiger partial charge in [0, 0.05) is 36.5 Å². The molecule has 1 heterocycles. The lowest BCUT2D eigenvalue weighted by Gasteiger charge is -2.23. The number of nitrogens with zero attached hydrogens (tertiary/aromatic N) is 1. The molecule has 0 spiro atoms. The fourth-order valence-corrected chi connectivity index (χ4v) is 4.73. The lowest BCUT2D eigenvalue weighted by Crippen LogP contribution is -2.39. The van der Waals surface area contributed by atoms with Crippen LogP contribution in [0.5, 0.6) is 0 Å². The number of halogens is 4. The van der Waals surface area contributed by atoms with Crippen LogP contribution in [0.2, 0.25) is 0 Å². The van der Waals surface area contributed by atoms with Crippen LogP contribution in [-0.4, -0.2) is 54.1 Å². The first kappa shape index (κ1) is 23.1. The number of anilines is 1. The maximum atomic E-state index is 14.4. The molecule has 2 aromatic rings. The molecule has 2 aromatic carbocycles. The zero-order chi connectivity index (χ0) is 22.9. The Bertz CT molecular complexity index is 1080. The Hall–Kier alpha value is -2.54. The smallest absolute Gasteiger partial charge is 0.255 e. The normalized spacial score (nSPS) is 20.3. The van der Waals surface area contributed by atoms with Gasteiger partial charge in [0.2, 0.25) is 10.0 Å². The number of β-amino-alcohol motifs (C(OH)–C–C–N with tert-alkyl or cyclic N) is 2. The maximum Gasteiger partial charge on any atom is 0.255 e. The average Bonchev–Trinajstić information content (AvgIpc) is 2.87. The van der Waals surface area contributed by atoms with Gasteiger partial charge in [0.1, 0.15) is 10.7 Å². The molecule has 0 aliphatic carbocycles. The summed E-state index contributed by atoms with van der Waals surface area (Å²) in [4.78, 5) is 11.5. The van der Waals surface area contributed by atoms with E-state index in [4.69, 9.17) is 0 Å². The highest BCUT2D eigenvalue weighted by Crippen LogP contribution is 2.25. The van der Waals surface area contributed by atoms with E-state index in [0.717, 1.165) is 22.5 Å². The van der Waals surface area contributed by atoms with Crippen molar-refractivity contribution in [2.45, 2.75) is 29.9 Å². The van der Waals surface area contributed by atoms with E-state index in [-0.39, 0.29) is 31.5 Å². The molecule has 1 unspecified atom stereocenters. The van der Waals surface area contributed by atoms with Crippen molar-refractivity contribution in [2.24, 2.45) is 0 Å². The number of benzene rings is 2. The lowest BCUT2D eigenvalue weighted by atomic mass is 10.1. The number of aliphatic hydroxyl groups excluding tert-OH is 2. The van der Waals surface area contributed by atoms with Crippen molar-refractivity contribution in [1.29, 1.82) is 0 Å². The summed E-state index contributed by atoms with van der Waals surface area (Å²) < 4.78 is 80.6. The number of carbonyl (C=O) groups excluding carboxylic acids is 1. The van der Waals surface area contributed by atoms with Crippen LogP contribution in [-0.2, 0) is 10.0 Å². The molecule has 1 aliphatic heterocycles. The molecule has 0 aromatic heterocycles. The number of rotatable bonds is 4. The number of hydrogen-bond acceptors (Lipinski definition) is 5. The molecule has 0 saturated carbocycles. The van der Waals surface area contributed by atoms with Crippen LogP contribution in [0.15, 0.2) is 35.2 Å². The van der Waals surface area contributed by atoms with Gasteiger partial charge in [-0.15, -0.1) is 0 Å². The Morgan fingerprint density at radius 2 is 1.48 bits per heavy atom. The summed E-state index contributed by atoms with van der Waals surface area (Å²) in [6.07, 6.45) is -1.82. The van der Waals surface area contributed by atoms with Crippen LogP contribution in [0.3, 0.4) is 0 Å². The summed E-state index contributed by atoms with van der Waals surface area (Å²) >= 11 is 0. The average molecular weight is 462 g/mol. The van der Waals surface area contributed by atoms with Crippen molar-refractivity contribution in [3.63, 3.8) is 0 Å². The molecule has 12 heteroatoms. The molecule has 3 rings (SSSR count). The minimum absolute atomic E-state index is 0.156. The van der Waals surface area contributed by atoms with E-state index in [1.54, 1.807) is 0 Å². The molecular formula is C19H18F4N2O5S. The molecule has 7 nitrogen and oxygen atoms in total. The summed E-state index contributed by atoms with van der Waals surface area (Å²) in [6, 6.07) is 3.44. The van der Waals surface area contributed by atoms with E-state index in [1.807, 2.05) is 0 Å². The van der Waals surface area contributed by atoms with Crippen molar-refractivity contribution in [1.82, 2.24) is 4.31 Å². The number of aliphatic hydroxyl groups is 2. The van der Waals surface area contributed by atoms with Crippen molar-refractivity contribution in [2.75, 3.05) is 18.4 Å². The molecule has 31 heavy (non-hydrogen) atoms. The highest BCUT2D eigenvalue weighted by Gasteiger charge is 2.33. The summed E-state index contributed by atoms with van der Waals surface area (Å²) in [6.45, 7) is -0.743. The van der Waals surface area contributed by atoms with Crippen molar-refractivity contribution in [3.05, 3.63) is 59.2 Å². The molecular weight excluding hydrogens is 444 g/mol. The number of amides is 1. The quantitative estimate of drug-likeness (QED) is 0.476. The Labute approximate surface area is 175 Å². The number of nitrogens with one attached hydrogen (secondary N) is 1. The van der Waals surface area contributed by atoms with Crippen LogP contribution >= 0.6 is 0 Å². The largest absolute Gasteiger partial charge is 0.392 e. The fraction of sp³-hybridized carbons (Fsp3) is 0.316. The highest BCUT2D eigenvalue weighted by molar-refractivity contribution is 7.89. The van der Waals surface area contributed by atoms with E-state index in [9.17, 15) is 41.0 Å². The third-order valence-corrected chi connectivity index (χ3v) is 6.56. The van der Waals surface area contributed by atoms with Crippen molar-refractivity contribution < 1.29 is 41.0 Å².